The topological polar surface area (TPSA) is 345 Å². The minimum Gasteiger partial charge on any atom is -0.505 e. The van der Waals surface area contributed by atoms with Gasteiger partial charge in [0, 0.05) is 20.1 Å². The third kappa shape index (κ3) is 22.3. The number of nitrogen functional groups attached to an aromatic ring is 1. The number of oxime groups is 2. The molecule has 117 heavy (non-hydrogen) atoms. The van der Waals surface area contributed by atoms with Crippen LogP contribution in [0, 0.1) is 109 Å². The zero-order valence-electron chi connectivity index (χ0n) is 59.0. The van der Waals surface area contributed by atoms with Crippen LogP contribution in [0.15, 0.2) is 156 Å². The van der Waals surface area contributed by atoms with Crippen LogP contribution in [0.1, 0.15) is 53.4 Å². The molecule has 600 valence electrons. The molecule has 0 amide bonds. The number of ether oxygens (including phenoxy) is 5. The fourth-order valence-corrected chi connectivity index (χ4v) is 13.7. The maximum Gasteiger partial charge on any atom is 0.185 e. The Morgan fingerprint density at radius 1 is 0.402 bits per heavy atom. The van der Waals surface area contributed by atoms with Crippen molar-refractivity contribution in [1.29, 1.82) is 21.2 Å². The molecule has 0 unspecified atom stereocenters. The number of amidine groups is 3. The smallest absolute Gasteiger partial charge is 0.185 e. The van der Waals surface area contributed by atoms with Gasteiger partial charge in [-0.2, -0.15) is 15.8 Å². The number of nitrogens with zero attached hydrogens (tertiary/aromatic N) is 9. The van der Waals surface area contributed by atoms with Crippen LogP contribution in [0.3, 0.4) is 0 Å². The molecule has 9 N–H and O–H groups in total. The van der Waals surface area contributed by atoms with E-state index in [1.54, 1.807) is 48.5 Å². The number of nitrogens with two attached hydrogens (primary N) is 3. The molecule has 41 heteroatoms. The molecule has 4 heterocycles. The molecule has 0 fully saturated rings. The molecule has 0 bridgehead atoms. The molecule has 0 aliphatic heterocycles. The summed E-state index contributed by atoms with van der Waals surface area (Å²) in [6, 6.07) is 37.9. The molecular weight excluding hydrogens is 1720 g/mol. The third-order valence-corrected chi connectivity index (χ3v) is 19.9. The number of hydrogen-bond acceptors (Lipinski definition) is 22. The number of benzene rings is 10. The minimum absolute atomic E-state index is 0.0108. The van der Waals surface area contributed by atoms with Crippen LogP contribution in [0.2, 0.25) is 20.1 Å². The summed E-state index contributed by atoms with van der Waals surface area (Å²) in [7, 11) is 2.47. The van der Waals surface area contributed by atoms with E-state index in [0.29, 0.717) is 45.6 Å². The fraction of sp³-hybridized carbons (Fsp3) is 0.0789. The van der Waals surface area contributed by atoms with Crippen molar-refractivity contribution < 1.29 is 91.5 Å². The van der Waals surface area contributed by atoms with Crippen molar-refractivity contribution in [2.45, 2.75) is 26.4 Å². The zero-order valence-corrected chi connectivity index (χ0v) is 65.3. The van der Waals surface area contributed by atoms with E-state index in [4.69, 9.17) is 114 Å². The number of phenolic OH excluding ortho intramolecular Hbond substituents is 1. The minimum atomic E-state index is -1.22. The van der Waals surface area contributed by atoms with Gasteiger partial charge in [-0.25, -0.2) is 72.6 Å². The maximum absolute atomic E-state index is 14.5. The van der Waals surface area contributed by atoms with E-state index in [9.17, 15) is 52.7 Å². The van der Waals surface area contributed by atoms with Crippen LogP contribution >= 0.6 is 91.8 Å². The monoisotopic (exact) mass is 1770 g/mol. The van der Waals surface area contributed by atoms with Crippen LogP contribution in [-0.4, -0.2) is 62.0 Å². The summed E-state index contributed by atoms with van der Waals surface area (Å²) in [5.41, 5.74) is 15.1. The van der Waals surface area contributed by atoms with Crippen LogP contribution in [0.4, 0.5) is 52.7 Å². The molecular formula is C76H47Cl4F12N13O8S4. The molecule has 0 saturated carbocycles. The molecule has 14 aromatic rings. The molecule has 0 aliphatic rings. The lowest BCUT2D eigenvalue weighted by Crippen LogP contribution is -2.18. The Hall–Kier alpha value is -12.6. The number of thiazole rings is 4. The van der Waals surface area contributed by atoms with Crippen LogP contribution < -0.4 is 40.9 Å². The standard InChI is InChI=1S/C16H12ClF2N3O2S.C15H10ClF2N3O2S.C15H10ClF2N3OS.C15H7ClF2N2OS.C8H5F2NO.C7H3F2NO/c1-23-22-16(20)14-9(18)3-4-11(15(14)19)24-7-13-21-10-6-8(17)2-5-12(10)25-13;16-7-1-4-11-9(5-7)20-12(24-11)6-23-10-3-2-8(17)13(14(10)18)15(19)21-22;16-7-1-4-11-9(5-7)21-12(23-11)6-22-10-3-2-8(17)13(14(10)18)15(19)20;16-8-1-4-13-11(5-8)20-14(22-13)7-21-12-3-2-10(17)9(6-19)15(12)18;1-12-7-3-2-6(9)5(4-11)8(7)10;8-5-1-2-6(11)7(9)4(5)3-10/h2-6H,7H2,1H3,(H2,20,22);1-5,22H,6H2,(H2,19,21);1-5H,6H2,(H3,19,20);1-5H,7H2;2-3H,1H3;1-2,11H. The van der Waals surface area contributed by atoms with Gasteiger partial charge in [0.25, 0.3) is 0 Å². The maximum atomic E-state index is 14.5. The van der Waals surface area contributed by atoms with Gasteiger partial charge in [0.2, 0.25) is 0 Å². The second-order valence-electron chi connectivity index (χ2n) is 22.6. The Kier molecular flexibility index (Phi) is 30.6. The molecule has 10 aromatic carbocycles. The van der Waals surface area contributed by atoms with E-state index >= 15 is 0 Å². The summed E-state index contributed by atoms with van der Waals surface area (Å²) in [6.45, 7) is 0.0245. The van der Waals surface area contributed by atoms with Gasteiger partial charge in [0.15, 0.2) is 81.1 Å². The lowest BCUT2D eigenvalue weighted by atomic mass is 10.1. The Bertz CT molecular complexity index is 6270. The number of aromatic nitrogens is 4. The highest BCUT2D eigenvalue weighted by atomic mass is 35.5. The van der Waals surface area contributed by atoms with Crippen molar-refractivity contribution in [2.75, 3.05) is 14.2 Å². The van der Waals surface area contributed by atoms with Gasteiger partial charge in [-0.15, -0.1) is 45.3 Å². The third-order valence-electron chi connectivity index (χ3n) is 15.0. The summed E-state index contributed by atoms with van der Waals surface area (Å²) in [4.78, 5) is 21.8. The van der Waals surface area contributed by atoms with E-state index in [1.165, 1.54) is 83.8 Å². The summed E-state index contributed by atoms with van der Waals surface area (Å²) >= 11 is 29.2. The second-order valence-corrected chi connectivity index (χ2v) is 28.8. The second kappa shape index (κ2) is 40.6. The first kappa shape index (κ1) is 88.3. The van der Waals surface area contributed by atoms with E-state index in [2.05, 4.69) is 39.8 Å². The Labute approximate surface area is 688 Å². The Morgan fingerprint density at radius 2 is 0.684 bits per heavy atom. The number of rotatable bonds is 17. The van der Waals surface area contributed by atoms with E-state index < -0.39 is 126 Å². The van der Waals surface area contributed by atoms with Crippen molar-refractivity contribution in [2.24, 2.45) is 27.5 Å². The number of halogens is 16. The molecule has 14 rings (SSSR count). The first-order chi connectivity index (χ1) is 55.9. The highest BCUT2D eigenvalue weighted by Gasteiger charge is 2.24. The van der Waals surface area contributed by atoms with Crippen molar-refractivity contribution in [1.82, 2.24) is 19.9 Å². The van der Waals surface area contributed by atoms with Gasteiger partial charge in [0.05, 0.1) is 64.7 Å². The largest absolute Gasteiger partial charge is 0.505 e. The number of methoxy groups -OCH3 is 1. The van der Waals surface area contributed by atoms with Crippen LogP contribution in [0.25, 0.3) is 40.9 Å². The molecule has 0 saturated heterocycles. The molecule has 21 nitrogen and oxygen atoms in total. The normalized spacial score (nSPS) is 10.9. The summed E-state index contributed by atoms with van der Waals surface area (Å²) < 4.78 is 191. The average molecular weight is 1770 g/mol. The van der Waals surface area contributed by atoms with Crippen LogP contribution in [-0.2, 0) is 31.3 Å². The highest BCUT2D eigenvalue weighted by molar-refractivity contribution is 7.19. The highest BCUT2D eigenvalue weighted by Crippen LogP contribution is 2.35. The summed E-state index contributed by atoms with van der Waals surface area (Å²) in [5, 5.41) is 60.5. The molecule has 0 spiro atoms. The fourth-order valence-electron chi connectivity index (χ4n) is 9.63. The van der Waals surface area contributed by atoms with Crippen molar-refractivity contribution in [3.05, 3.63) is 289 Å². The number of fused-ring (bicyclic) bond motifs is 4. The zero-order chi connectivity index (χ0) is 85.1. The van der Waals surface area contributed by atoms with E-state index in [-0.39, 0.29) is 55.2 Å². The quantitative estimate of drug-likeness (QED) is 0.0162. The van der Waals surface area contributed by atoms with Gasteiger partial charge in [-0.05, 0) is 146 Å². The first-order valence-electron chi connectivity index (χ1n) is 32.1. The van der Waals surface area contributed by atoms with Crippen molar-refractivity contribution in [3.8, 4) is 52.7 Å². The number of nitriles is 3. The molecule has 0 aliphatic carbocycles. The van der Waals surface area contributed by atoms with E-state index in [1.807, 2.05) is 24.3 Å². The predicted octanol–water partition coefficient (Wildman–Crippen LogP) is 20.1. The molecule has 0 atom stereocenters. The average Bonchev–Trinajstić information content (AvgIpc) is 1.42. The van der Waals surface area contributed by atoms with E-state index in [0.717, 1.165) is 102 Å². The van der Waals surface area contributed by atoms with Crippen molar-refractivity contribution in [3.63, 3.8) is 0 Å². The number of aromatic hydroxyl groups is 1. The van der Waals surface area contributed by atoms with Gasteiger partial charge in [-0.1, -0.05) is 56.7 Å². The summed E-state index contributed by atoms with van der Waals surface area (Å²) in [5.74, 6) is -15.1. The first-order valence-corrected chi connectivity index (χ1v) is 36.9. The SMILES string of the molecule is CO/N=C(\N)c1c(F)ccc(OCc2nc3cc(Cl)ccc3s2)c1F.COc1ccc(F)c(C#N)c1F.N#Cc1c(F)ccc(O)c1F.N#Cc1c(F)ccc(OCc2nc3cc(Cl)ccc3s2)c1F.N/C(=N\O)c1c(F)ccc(OCc2nc3cc(Cl)ccc3s2)c1F.N=C(N)c1c(F)ccc(OCc2nc3cc(Cl)ccc3s2)c1F. The lowest BCUT2D eigenvalue weighted by molar-refractivity contribution is 0.213. The number of phenols is 1. The number of hydrogen-bond donors (Lipinski definition) is 6. The Balaban J connectivity index is 0.000000164. The van der Waals surface area contributed by atoms with Gasteiger partial charge in [0.1, 0.15) is 129 Å². The summed E-state index contributed by atoms with van der Waals surface area (Å²) in [6.07, 6.45) is 0. The molecule has 4 aromatic heterocycles. The molecule has 0 radical (unpaired) electrons. The predicted molar refractivity (Wildman–Crippen MR) is 418 cm³/mol. The van der Waals surface area contributed by atoms with Crippen molar-refractivity contribution >= 4 is 150 Å². The van der Waals surface area contributed by atoms with Gasteiger partial charge < -0.3 is 56.0 Å². The lowest BCUT2D eigenvalue weighted by Gasteiger charge is -2.09. The Morgan fingerprint density at radius 3 is 0.991 bits per heavy atom. The number of nitrogens with one attached hydrogen (secondary N) is 1. The van der Waals surface area contributed by atoms with Gasteiger partial charge >= 0.3 is 0 Å². The van der Waals surface area contributed by atoms with Gasteiger partial charge in [-0.3, -0.25) is 5.41 Å². The van der Waals surface area contributed by atoms with Crippen LogP contribution in [0.5, 0.6) is 34.5 Å².